The van der Waals surface area contributed by atoms with E-state index in [0.29, 0.717) is 16.6 Å². The number of nitrogens with one attached hydrogen (secondary N) is 1. The molecule has 4 N–H and O–H groups in total. The van der Waals surface area contributed by atoms with Crippen LogP contribution in [0.15, 0.2) is 47.3 Å². The van der Waals surface area contributed by atoms with Gasteiger partial charge in [0.25, 0.3) is 0 Å². The highest BCUT2D eigenvalue weighted by atomic mass is 32.1. The lowest BCUT2D eigenvalue weighted by atomic mass is 9.84. The van der Waals surface area contributed by atoms with Gasteiger partial charge in [-0.25, -0.2) is 4.79 Å². The zero-order chi connectivity index (χ0) is 21.7. The number of hydrogen-bond acceptors (Lipinski definition) is 7. The number of phenolic OH excluding ortho intramolecular Hbond substituents is 1. The number of nitrogens with two attached hydrogens (primary N) is 1. The third-order valence-electron chi connectivity index (χ3n) is 4.90. The van der Waals surface area contributed by atoms with Crippen molar-refractivity contribution in [3.05, 3.63) is 63.3 Å². The van der Waals surface area contributed by atoms with Gasteiger partial charge in [-0.3, -0.25) is 4.79 Å². The molecule has 1 aromatic heterocycles. The largest absolute Gasteiger partial charge is 0.506 e. The molecule has 0 aliphatic heterocycles. The van der Waals surface area contributed by atoms with Gasteiger partial charge in [-0.15, -0.1) is 0 Å². The number of aromatic nitrogens is 1. The van der Waals surface area contributed by atoms with E-state index in [0.717, 1.165) is 22.5 Å². The van der Waals surface area contributed by atoms with Crippen LogP contribution in [0, 0.1) is 0 Å². The number of fused-ring (bicyclic) bond motifs is 1. The number of amides is 1. The first-order chi connectivity index (χ1) is 14.4. The Morgan fingerprint density at radius 3 is 2.50 bits per heavy atom. The topological polar surface area (TPSA) is 124 Å². The second-order valence-electron chi connectivity index (χ2n) is 7.01. The van der Waals surface area contributed by atoms with Gasteiger partial charge >= 0.3 is 11.0 Å². The lowest BCUT2D eigenvalue weighted by Crippen LogP contribution is -2.45. The summed E-state index contributed by atoms with van der Waals surface area (Å²) in [6.45, 7) is 0. The van der Waals surface area contributed by atoms with Gasteiger partial charge in [-0.1, -0.05) is 47.7 Å². The molecule has 1 unspecified atom stereocenters. The van der Waals surface area contributed by atoms with E-state index in [1.807, 2.05) is 30.3 Å². The number of ether oxygens (including phenoxy) is 3. The number of methoxy groups -OCH3 is 2. The Hall–Kier alpha value is -2.88. The van der Waals surface area contributed by atoms with Crippen LogP contribution in [-0.4, -0.2) is 42.3 Å². The van der Waals surface area contributed by atoms with Gasteiger partial charge < -0.3 is 30.0 Å². The van der Waals surface area contributed by atoms with Crippen LogP contribution >= 0.6 is 11.3 Å². The smallest absolute Gasteiger partial charge is 0.405 e. The summed E-state index contributed by atoms with van der Waals surface area (Å²) in [5.74, 6) is -0.0248. The number of rotatable bonds is 9. The first kappa shape index (κ1) is 21.8. The summed E-state index contributed by atoms with van der Waals surface area (Å²) < 4.78 is 17.0. The van der Waals surface area contributed by atoms with Gasteiger partial charge in [0.1, 0.15) is 16.9 Å². The van der Waals surface area contributed by atoms with Crippen molar-refractivity contribution in [2.45, 2.75) is 31.2 Å². The third kappa shape index (κ3) is 4.99. The van der Waals surface area contributed by atoms with E-state index in [-0.39, 0.29) is 23.5 Å². The molecular weight excluding hydrogens is 408 g/mol. The average Bonchev–Trinajstić information content (AvgIpc) is 3.11. The molecule has 0 saturated carbocycles. The van der Waals surface area contributed by atoms with Crippen LogP contribution in [0.25, 0.3) is 10.2 Å². The molecule has 9 heteroatoms. The maximum atomic E-state index is 11.9. The maximum absolute atomic E-state index is 11.9. The molecule has 0 aliphatic rings. The fraction of sp³-hybridized carbons (Fsp3) is 0.333. The highest BCUT2D eigenvalue weighted by Crippen LogP contribution is 2.35. The Balaban J connectivity index is 2.10. The number of primary amides is 1. The van der Waals surface area contributed by atoms with E-state index in [9.17, 15) is 14.7 Å². The number of aromatic hydroxyl groups is 1. The molecule has 0 spiro atoms. The first-order valence-electron chi connectivity index (χ1n) is 9.27. The standard InChI is InChI=1S/C21H24N2O6S/c1-27-16(28-2)12-21(29-19(22)25,10-13-6-4-3-5-7-13)11-14-8-9-15(24)17-18(14)30-20(26)23-17/h3-9,16,24H,10-12H2,1-2H3,(H2,22,25)(H,23,26). The van der Waals surface area contributed by atoms with Crippen LogP contribution < -0.4 is 10.6 Å². The fourth-order valence-corrected chi connectivity index (χ4v) is 4.50. The van der Waals surface area contributed by atoms with Crippen molar-refractivity contribution >= 4 is 27.6 Å². The van der Waals surface area contributed by atoms with Gasteiger partial charge in [0.05, 0.1) is 4.70 Å². The molecular formula is C21H24N2O6S. The van der Waals surface area contributed by atoms with Crippen molar-refractivity contribution in [2.24, 2.45) is 5.73 Å². The summed E-state index contributed by atoms with van der Waals surface area (Å²) >= 11 is 0.984. The van der Waals surface area contributed by atoms with Gasteiger partial charge in [0, 0.05) is 33.5 Å². The molecule has 0 aliphatic carbocycles. The van der Waals surface area contributed by atoms with E-state index >= 15 is 0 Å². The van der Waals surface area contributed by atoms with Crippen molar-refractivity contribution in [1.82, 2.24) is 4.98 Å². The lowest BCUT2D eigenvalue weighted by molar-refractivity contribution is -0.143. The molecule has 1 amide bonds. The van der Waals surface area contributed by atoms with Gasteiger partial charge in [0.2, 0.25) is 0 Å². The van der Waals surface area contributed by atoms with Crippen molar-refractivity contribution in [3.8, 4) is 5.75 Å². The van der Waals surface area contributed by atoms with Crippen LogP contribution in [0.3, 0.4) is 0 Å². The summed E-state index contributed by atoms with van der Waals surface area (Å²) in [6, 6.07) is 12.7. The van der Waals surface area contributed by atoms with E-state index in [1.165, 1.54) is 20.3 Å². The van der Waals surface area contributed by atoms with Gasteiger partial charge in [-0.2, -0.15) is 0 Å². The second-order valence-corrected chi connectivity index (χ2v) is 7.99. The fourth-order valence-electron chi connectivity index (χ4n) is 3.63. The van der Waals surface area contributed by atoms with E-state index in [2.05, 4.69) is 4.98 Å². The number of thiazole rings is 1. The predicted octanol–water partition coefficient (Wildman–Crippen LogP) is 2.92. The monoisotopic (exact) mass is 432 g/mol. The predicted molar refractivity (Wildman–Crippen MR) is 114 cm³/mol. The number of H-pyrrole nitrogens is 1. The minimum absolute atomic E-state index is 0.0248. The third-order valence-corrected chi connectivity index (χ3v) is 5.86. The minimum atomic E-state index is -1.11. The Morgan fingerprint density at radius 1 is 1.17 bits per heavy atom. The van der Waals surface area contributed by atoms with Crippen molar-refractivity contribution in [1.29, 1.82) is 0 Å². The molecule has 3 aromatic rings. The number of aromatic amines is 1. The highest BCUT2D eigenvalue weighted by molar-refractivity contribution is 7.16. The SMILES string of the molecule is COC(CC(Cc1ccccc1)(Cc1ccc(O)c2[nH]c(=O)sc12)OC(N)=O)OC. The molecule has 0 radical (unpaired) electrons. The normalized spacial score (nSPS) is 13.4. The van der Waals surface area contributed by atoms with Crippen molar-refractivity contribution < 1.29 is 24.1 Å². The number of carbonyl (C=O) groups is 1. The summed E-state index contributed by atoms with van der Waals surface area (Å²) in [4.78, 5) is 26.2. The quantitative estimate of drug-likeness (QED) is 0.447. The second kappa shape index (κ2) is 9.29. The molecule has 8 nitrogen and oxygen atoms in total. The Bertz CT molecular complexity index is 1060. The highest BCUT2D eigenvalue weighted by Gasteiger charge is 2.38. The molecule has 160 valence electrons. The number of phenols is 1. The Kier molecular flexibility index (Phi) is 6.76. The average molecular weight is 432 g/mol. The zero-order valence-electron chi connectivity index (χ0n) is 16.7. The maximum Gasteiger partial charge on any atom is 0.405 e. The molecule has 0 bridgehead atoms. The van der Waals surface area contributed by atoms with Crippen molar-refractivity contribution in [3.63, 3.8) is 0 Å². The van der Waals surface area contributed by atoms with E-state index in [4.69, 9.17) is 19.9 Å². The minimum Gasteiger partial charge on any atom is -0.506 e. The van der Waals surface area contributed by atoms with Crippen LogP contribution in [-0.2, 0) is 27.1 Å². The number of hydrogen-bond donors (Lipinski definition) is 3. The summed E-state index contributed by atoms with van der Waals surface area (Å²) in [6.07, 6.45) is -0.778. The number of carbonyl (C=O) groups excluding carboxylic acids is 1. The van der Waals surface area contributed by atoms with Gasteiger partial charge in [0.15, 0.2) is 6.29 Å². The van der Waals surface area contributed by atoms with E-state index in [1.54, 1.807) is 6.07 Å². The van der Waals surface area contributed by atoms with Crippen LogP contribution in [0.5, 0.6) is 5.75 Å². The number of benzene rings is 2. The first-order valence-corrected chi connectivity index (χ1v) is 10.1. The summed E-state index contributed by atoms with van der Waals surface area (Å²) in [5, 5.41) is 10.1. The summed E-state index contributed by atoms with van der Waals surface area (Å²) in [7, 11) is 3.00. The van der Waals surface area contributed by atoms with E-state index < -0.39 is 18.0 Å². The molecule has 2 aromatic carbocycles. The summed E-state index contributed by atoms with van der Waals surface area (Å²) in [5.41, 5.74) is 6.35. The molecule has 0 saturated heterocycles. The molecule has 1 heterocycles. The molecule has 0 fully saturated rings. The van der Waals surface area contributed by atoms with Gasteiger partial charge in [-0.05, 0) is 17.2 Å². The molecule has 3 rings (SSSR count). The van der Waals surface area contributed by atoms with Crippen LogP contribution in [0.1, 0.15) is 17.5 Å². The van der Waals surface area contributed by atoms with Crippen LogP contribution in [0.2, 0.25) is 0 Å². The van der Waals surface area contributed by atoms with Crippen molar-refractivity contribution in [2.75, 3.05) is 14.2 Å². The lowest BCUT2D eigenvalue weighted by Gasteiger charge is -2.35. The molecule has 30 heavy (non-hydrogen) atoms. The Morgan fingerprint density at radius 2 is 1.87 bits per heavy atom. The molecule has 1 atom stereocenters. The Labute approximate surface area is 177 Å². The zero-order valence-corrected chi connectivity index (χ0v) is 17.5. The van der Waals surface area contributed by atoms with Crippen LogP contribution in [0.4, 0.5) is 4.79 Å².